The van der Waals surface area contributed by atoms with Crippen LogP contribution in [0, 0.1) is 6.92 Å². The van der Waals surface area contributed by atoms with Crippen LogP contribution in [0.2, 0.25) is 0 Å². The monoisotopic (exact) mass is 308 g/mol. The van der Waals surface area contributed by atoms with Gasteiger partial charge in [0.1, 0.15) is 0 Å². The van der Waals surface area contributed by atoms with E-state index in [1.54, 1.807) is 17.6 Å². The van der Waals surface area contributed by atoms with Gasteiger partial charge in [-0.05, 0) is 37.6 Å². The molecule has 2 aliphatic rings. The van der Waals surface area contributed by atoms with Crippen LogP contribution in [0.15, 0.2) is 52.7 Å². The average molecular weight is 308 g/mol. The molecule has 3 nitrogen and oxygen atoms in total. The van der Waals surface area contributed by atoms with Gasteiger partial charge in [0.25, 0.3) is 0 Å². The Morgan fingerprint density at radius 2 is 2.05 bits per heavy atom. The van der Waals surface area contributed by atoms with Crippen LogP contribution < -0.4 is 5.32 Å². The van der Waals surface area contributed by atoms with Crippen molar-refractivity contribution in [3.63, 3.8) is 0 Å². The molecule has 1 aliphatic carbocycles. The molecule has 0 amide bonds. The van der Waals surface area contributed by atoms with Crippen LogP contribution in [0.4, 0.5) is 11.4 Å². The van der Waals surface area contributed by atoms with Crippen LogP contribution in [0.25, 0.3) is 0 Å². The zero-order valence-corrected chi connectivity index (χ0v) is 13.1. The van der Waals surface area contributed by atoms with Gasteiger partial charge in [-0.25, -0.2) is 0 Å². The Labute approximate surface area is 133 Å². The lowest BCUT2D eigenvalue weighted by atomic mass is 9.85. The molecular formula is C18H16N2OS. The van der Waals surface area contributed by atoms with Gasteiger partial charge < -0.3 is 5.32 Å². The van der Waals surface area contributed by atoms with Gasteiger partial charge in [0, 0.05) is 34.0 Å². The van der Waals surface area contributed by atoms with E-state index in [1.807, 2.05) is 24.3 Å². The van der Waals surface area contributed by atoms with Crippen molar-refractivity contribution in [2.75, 3.05) is 5.32 Å². The zero-order valence-electron chi connectivity index (χ0n) is 12.3. The molecule has 0 spiro atoms. The lowest BCUT2D eigenvalue weighted by molar-refractivity contribution is -0.115. The number of rotatable bonds is 1. The highest BCUT2D eigenvalue weighted by Crippen LogP contribution is 2.39. The van der Waals surface area contributed by atoms with Gasteiger partial charge >= 0.3 is 0 Å². The lowest BCUT2D eigenvalue weighted by Gasteiger charge is -2.24. The molecule has 2 heterocycles. The summed E-state index contributed by atoms with van der Waals surface area (Å²) in [6, 6.07) is 12.2. The Bertz CT molecular complexity index is 816. The summed E-state index contributed by atoms with van der Waals surface area (Å²) in [6.45, 7) is 2.11. The number of thiophene rings is 1. The highest BCUT2D eigenvalue weighted by Gasteiger charge is 2.29. The highest BCUT2D eigenvalue weighted by molar-refractivity contribution is 7.12. The third-order valence-electron chi connectivity index (χ3n) is 4.19. The molecule has 4 heteroatoms. The molecule has 1 aromatic heterocycles. The maximum Gasteiger partial charge on any atom is 0.166 e. The molecule has 0 saturated heterocycles. The van der Waals surface area contributed by atoms with E-state index in [0.717, 1.165) is 29.1 Å². The predicted octanol–water partition coefficient (Wildman–Crippen LogP) is 4.59. The van der Waals surface area contributed by atoms with E-state index in [9.17, 15) is 4.79 Å². The molecule has 1 N–H and O–H groups in total. The van der Waals surface area contributed by atoms with Gasteiger partial charge in [0.2, 0.25) is 0 Å². The Balaban J connectivity index is 1.71. The number of anilines is 1. The van der Waals surface area contributed by atoms with Crippen molar-refractivity contribution in [3.8, 4) is 0 Å². The van der Waals surface area contributed by atoms with E-state index in [-0.39, 0.29) is 11.7 Å². The number of nitrogens with one attached hydrogen (secondary N) is 1. The number of benzene rings is 1. The van der Waals surface area contributed by atoms with Crippen molar-refractivity contribution in [2.45, 2.75) is 25.7 Å². The zero-order chi connectivity index (χ0) is 15.1. The van der Waals surface area contributed by atoms with Crippen LogP contribution >= 0.6 is 11.3 Å². The summed E-state index contributed by atoms with van der Waals surface area (Å²) in [6.07, 6.45) is 3.16. The van der Waals surface area contributed by atoms with E-state index in [4.69, 9.17) is 0 Å². The Kier molecular flexibility index (Phi) is 3.19. The van der Waals surface area contributed by atoms with Crippen molar-refractivity contribution < 1.29 is 4.79 Å². The van der Waals surface area contributed by atoms with Crippen molar-refractivity contribution in [1.82, 2.24) is 0 Å². The normalized spacial score (nSPS) is 20.2. The summed E-state index contributed by atoms with van der Waals surface area (Å²) in [5.41, 5.74) is 3.59. The number of carbonyl (C=O) groups is 1. The fraction of sp³-hybridized carbons (Fsp3) is 0.222. The van der Waals surface area contributed by atoms with Crippen molar-refractivity contribution in [2.24, 2.45) is 4.99 Å². The number of aryl methyl sites for hydroxylation is 1. The van der Waals surface area contributed by atoms with E-state index in [0.29, 0.717) is 6.42 Å². The standard InChI is InChI=1S/C18H16N2OS/c1-11-6-7-18(22-11)12-8-16-13(17(21)9-12)10-19-14-4-2-3-5-15(14)20-16/h2-7,10,12,20H,8-9H2,1H3/t12-/m0/s1. The maximum atomic E-state index is 12.5. The average Bonchev–Trinajstić information content (AvgIpc) is 2.85. The minimum absolute atomic E-state index is 0.182. The largest absolute Gasteiger partial charge is 0.356 e. The second-order valence-electron chi connectivity index (χ2n) is 5.77. The molecule has 2 aromatic rings. The smallest absolute Gasteiger partial charge is 0.166 e. The highest BCUT2D eigenvalue weighted by atomic mass is 32.1. The third-order valence-corrected chi connectivity index (χ3v) is 5.36. The van der Waals surface area contributed by atoms with Gasteiger partial charge in [-0.15, -0.1) is 11.3 Å². The number of hydrogen-bond acceptors (Lipinski definition) is 4. The summed E-state index contributed by atoms with van der Waals surface area (Å²) in [7, 11) is 0. The van der Waals surface area contributed by atoms with Crippen molar-refractivity contribution in [3.05, 3.63) is 57.4 Å². The van der Waals surface area contributed by atoms with Crippen LogP contribution in [-0.2, 0) is 4.79 Å². The Morgan fingerprint density at radius 1 is 1.18 bits per heavy atom. The van der Waals surface area contributed by atoms with Crippen molar-refractivity contribution >= 4 is 34.7 Å². The van der Waals surface area contributed by atoms with Gasteiger partial charge in [-0.1, -0.05) is 12.1 Å². The molecular weight excluding hydrogens is 292 g/mol. The Morgan fingerprint density at radius 3 is 2.86 bits per heavy atom. The molecule has 1 atom stereocenters. The number of nitrogens with zero attached hydrogens (tertiary/aromatic N) is 1. The summed E-state index contributed by atoms with van der Waals surface area (Å²) in [5, 5.41) is 3.44. The molecule has 110 valence electrons. The van der Waals surface area contributed by atoms with E-state index >= 15 is 0 Å². The molecule has 0 radical (unpaired) electrons. The SMILES string of the molecule is Cc1ccc([C@@H]2CC(=O)C3=C(C2)Nc2ccccc2N=C3)s1. The number of allylic oxidation sites excluding steroid dienone is 2. The van der Waals surface area contributed by atoms with Crippen LogP contribution in [0.3, 0.4) is 0 Å². The fourth-order valence-corrected chi connectivity index (χ4v) is 4.04. The van der Waals surface area contributed by atoms with E-state index in [1.165, 1.54) is 9.75 Å². The first-order valence-corrected chi connectivity index (χ1v) is 8.25. The summed E-state index contributed by atoms with van der Waals surface area (Å²) >= 11 is 1.79. The lowest BCUT2D eigenvalue weighted by Crippen LogP contribution is -2.21. The molecule has 0 saturated carbocycles. The van der Waals surface area contributed by atoms with Crippen LogP contribution in [0.5, 0.6) is 0 Å². The number of hydrogen-bond donors (Lipinski definition) is 1. The van der Waals surface area contributed by atoms with E-state index < -0.39 is 0 Å². The van der Waals surface area contributed by atoms with Crippen LogP contribution in [-0.4, -0.2) is 12.0 Å². The Hall–Kier alpha value is -2.20. The molecule has 22 heavy (non-hydrogen) atoms. The molecule has 0 unspecified atom stereocenters. The molecule has 1 aromatic carbocycles. The number of ketones is 1. The fourth-order valence-electron chi connectivity index (χ4n) is 3.06. The van der Waals surface area contributed by atoms with Crippen molar-refractivity contribution in [1.29, 1.82) is 0 Å². The molecule has 0 fully saturated rings. The first kappa shape index (κ1) is 13.5. The second kappa shape index (κ2) is 5.21. The molecule has 1 aliphatic heterocycles. The topological polar surface area (TPSA) is 41.5 Å². The number of carbonyl (C=O) groups excluding carboxylic acids is 1. The first-order chi connectivity index (χ1) is 10.7. The number of para-hydroxylation sites is 2. The molecule has 0 bridgehead atoms. The minimum atomic E-state index is 0.182. The quantitative estimate of drug-likeness (QED) is 0.837. The molecule has 4 rings (SSSR count). The second-order valence-corrected chi connectivity index (χ2v) is 7.09. The number of Topliss-reactive ketones (excluding diaryl/α,β-unsaturated/α-hetero) is 1. The van der Waals surface area contributed by atoms with Gasteiger partial charge in [-0.2, -0.15) is 0 Å². The third kappa shape index (κ3) is 2.29. The summed E-state index contributed by atoms with van der Waals surface area (Å²) < 4.78 is 0. The predicted molar refractivity (Wildman–Crippen MR) is 91.3 cm³/mol. The first-order valence-electron chi connectivity index (χ1n) is 7.43. The minimum Gasteiger partial charge on any atom is -0.356 e. The van der Waals surface area contributed by atoms with Gasteiger partial charge in [0.15, 0.2) is 5.78 Å². The summed E-state index contributed by atoms with van der Waals surface area (Å²) in [4.78, 5) is 19.6. The number of aliphatic imine (C=N–C) groups is 1. The van der Waals surface area contributed by atoms with Gasteiger partial charge in [-0.3, -0.25) is 9.79 Å². The maximum absolute atomic E-state index is 12.5. The van der Waals surface area contributed by atoms with Crippen LogP contribution in [0.1, 0.15) is 28.5 Å². The summed E-state index contributed by atoms with van der Waals surface area (Å²) in [5.74, 6) is 0.456. The van der Waals surface area contributed by atoms with Gasteiger partial charge in [0.05, 0.1) is 16.9 Å². The number of fused-ring (bicyclic) bond motifs is 1. The van der Waals surface area contributed by atoms with E-state index in [2.05, 4.69) is 29.4 Å².